The molecule has 4 rings (SSSR count). The summed E-state index contributed by atoms with van der Waals surface area (Å²) in [5.74, 6) is -0.135. The van der Waals surface area contributed by atoms with E-state index in [1.807, 2.05) is 32.0 Å². The monoisotopic (exact) mass is 477 g/mol. The van der Waals surface area contributed by atoms with Gasteiger partial charge in [0.2, 0.25) is 10.0 Å². The summed E-state index contributed by atoms with van der Waals surface area (Å²) in [7, 11) is -3.66. The third-order valence-corrected chi connectivity index (χ3v) is 8.26. The van der Waals surface area contributed by atoms with Crippen LogP contribution < -0.4 is 4.90 Å². The first-order chi connectivity index (χ1) is 15.3. The summed E-state index contributed by atoms with van der Waals surface area (Å²) in [6.07, 6.45) is 0. The van der Waals surface area contributed by atoms with Crippen molar-refractivity contribution in [2.24, 2.45) is 0 Å². The van der Waals surface area contributed by atoms with E-state index in [2.05, 4.69) is 4.90 Å². The van der Waals surface area contributed by atoms with Crippen LogP contribution in [0.4, 0.5) is 5.69 Å². The molecule has 0 unspecified atom stereocenters. The molecule has 0 radical (unpaired) electrons. The Morgan fingerprint density at radius 2 is 1.56 bits per heavy atom. The molecule has 9 heteroatoms. The lowest BCUT2D eigenvalue weighted by atomic mass is 10.1. The molecular weight excluding hydrogens is 450 g/mol. The third-order valence-electron chi connectivity index (χ3n) is 6.13. The van der Waals surface area contributed by atoms with E-state index in [0.717, 1.165) is 16.8 Å². The number of amides is 1. The van der Waals surface area contributed by atoms with Crippen LogP contribution in [0.1, 0.15) is 21.5 Å². The van der Waals surface area contributed by atoms with Crippen molar-refractivity contribution in [2.45, 2.75) is 18.7 Å². The molecule has 2 aliphatic rings. The summed E-state index contributed by atoms with van der Waals surface area (Å²) in [5.41, 5.74) is 3.43. The van der Waals surface area contributed by atoms with E-state index in [1.165, 1.54) is 10.4 Å². The molecular formula is C23H28ClN3O4S. The second-order valence-electron chi connectivity index (χ2n) is 8.20. The second-order valence-corrected chi connectivity index (χ2v) is 10.6. The smallest absolute Gasteiger partial charge is 0.254 e. The molecule has 0 aromatic heterocycles. The van der Waals surface area contributed by atoms with Crippen molar-refractivity contribution in [3.8, 4) is 0 Å². The van der Waals surface area contributed by atoms with Crippen LogP contribution in [0.25, 0.3) is 0 Å². The van der Waals surface area contributed by atoms with Gasteiger partial charge in [-0.3, -0.25) is 4.79 Å². The van der Waals surface area contributed by atoms with Crippen molar-refractivity contribution in [3.05, 3.63) is 58.1 Å². The minimum atomic E-state index is -3.66. The number of anilines is 1. The van der Waals surface area contributed by atoms with E-state index in [-0.39, 0.29) is 10.8 Å². The molecule has 32 heavy (non-hydrogen) atoms. The van der Waals surface area contributed by atoms with Gasteiger partial charge in [0.25, 0.3) is 5.91 Å². The first-order valence-electron chi connectivity index (χ1n) is 10.8. The van der Waals surface area contributed by atoms with Crippen LogP contribution in [0.3, 0.4) is 0 Å². The van der Waals surface area contributed by atoms with Crippen molar-refractivity contribution in [1.82, 2.24) is 9.21 Å². The predicted octanol–water partition coefficient (Wildman–Crippen LogP) is 2.94. The highest BCUT2D eigenvalue weighted by atomic mass is 35.5. The van der Waals surface area contributed by atoms with Crippen molar-refractivity contribution in [1.29, 1.82) is 0 Å². The van der Waals surface area contributed by atoms with Gasteiger partial charge in [0.15, 0.2) is 0 Å². The molecule has 2 heterocycles. The van der Waals surface area contributed by atoms with Crippen molar-refractivity contribution in [3.63, 3.8) is 0 Å². The quantitative estimate of drug-likeness (QED) is 0.677. The molecule has 1 amide bonds. The standard InChI is InChI=1S/C23H28ClN3O4S/c1-17-4-6-20(32(29,30)27-11-13-31-14-12-27)16-21(17)23(28)26-9-7-25(8-10-26)22-15-19(24)5-3-18(22)2/h3-6,15-16H,7-14H2,1-2H3. The van der Waals surface area contributed by atoms with Crippen LogP contribution in [0.2, 0.25) is 5.02 Å². The molecule has 0 aliphatic carbocycles. The number of hydrogen-bond donors (Lipinski definition) is 0. The zero-order chi connectivity index (χ0) is 22.9. The van der Waals surface area contributed by atoms with Crippen molar-refractivity contribution in [2.75, 3.05) is 57.4 Å². The molecule has 172 valence electrons. The Hall–Kier alpha value is -2.13. The van der Waals surface area contributed by atoms with E-state index >= 15 is 0 Å². The molecule has 2 aromatic carbocycles. The lowest BCUT2D eigenvalue weighted by Gasteiger charge is -2.37. The maximum atomic E-state index is 13.3. The summed E-state index contributed by atoms with van der Waals surface area (Å²) >= 11 is 6.17. The van der Waals surface area contributed by atoms with Crippen LogP contribution in [0.15, 0.2) is 41.3 Å². The number of carbonyl (C=O) groups is 1. The maximum absolute atomic E-state index is 13.3. The van der Waals surface area contributed by atoms with Gasteiger partial charge in [-0.25, -0.2) is 8.42 Å². The average Bonchev–Trinajstić information content (AvgIpc) is 2.81. The fourth-order valence-corrected chi connectivity index (χ4v) is 5.77. The van der Waals surface area contributed by atoms with Crippen LogP contribution in [0, 0.1) is 13.8 Å². The van der Waals surface area contributed by atoms with E-state index in [0.29, 0.717) is 63.1 Å². The van der Waals surface area contributed by atoms with Crippen LogP contribution in [-0.2, 0) is 14.8 Å². The fourth-order valence-electron chi connectivity index (χ4n) is 4.17. The normalized spacial score (nSPS) is 18.1. The number of hydrogen-bond acceptors (Lipinski definition) is 5. The largest absolute Gasteiger partial charge is 0.379 e. The van der Waals surface area contributed by atoms with Crippen LogP contribution >= 0.6 is 11.6 Å². The number of ether oxygens (including phenoxy) is 1. The number of piperazine rings is 1. The number of sulfonamides is 1. The van der Waals surface area contributed by atoms with Crippen LogP contribution in [-0.4, -0.2) is 76.0 Å². The Morgan fingerprint density at radius 3 is 2.25 bits per heavy atom. The number of halogens is 1. The minimum absolute atomic E-state index is 0.135. The summed E-state index contributed by atoms with van der Waals surface area (Å²) < 4.78 is 32.8. The zero-order valence-electron chi connectivity index (χ0n) is 18.4. The molecule has 0 saturated carbocycles. The molecule has 2 saturated heterocycles. The van der Waals surface area contributed by atoms with Gasteiger partial charge in [-0.1, -0.05) is 23.7 Å². The number of benzene rings is 2. The second kappa shape index (κ2) is 9.39. The highest BCUT2D eigenvalue weighted by Gasteiger charge is 2.29. The summed E-state index contributed by atoms with van der Waals surface area (Å²) in [6, 6.07) is 10.7. The minimum Gasteiger partial charge on any atom is -0.379 e. The summed E-state index contributed by atoms with van der Waals surface area (Å²) in [6.45, 7) is 7.80. The number of morpholine rings is 1. The highest BCUT2D eigenvalue weighted by Crippen LogP contribution is 2.26. The topological polar surface area (TPSA) is 70.2 Å². The summed E-state index contributed by atoms with van der Waals surface area (Å²) in [5, 5.41) is 0.693. The number of nitrogens with zero attached hydrogens (tertiary/aromatic N) is 3. The van der Waals surface area contributed by atoms with Gasteiger partial charge in [-0.15, -0.1) is 0 Å². The van der Waals surface area contributed by atoms with E-state index in [4.69, 9.17) is 16.3 Å². The first-order valence-corrected chi connectivity index (χ1v) is 12.6. The Bertz CT molecular complexity index is 1110. The molecule has 0 spiro atoms. The average molecular weight is 478 g/mol. The number of carbonyl (C=O) groups excluding carboxylic acids is 1. The van der Waals surface area contributed by atoms with Gasteiger partial charge in [0, 0.05) is 55.5 Å². The predicted molar refractivity (Wildman–Crippen MR) is 125 cm³/mol. The number of aryl methyl sites for hydroxylation is 2. The van der Waals surface area contributed by atoms with Gasteiger partial charge >= 0.3 is 0 Å². The molecule has 0 atom stereocenters. The van der Waals surface area contributed by atoms with Gasteiger partial charge in [-0.05, 0) is 49.2 Å². The fraction of sp³-hybridized carbons (Fsp3) is 0.435. The van der Waals surface area contributed by atoms with Gasteiger partial charge in [0.1, 0.15) is 0 Å². The van der Waals surface area contributed by atoms with Crippen LogP contribution in [0.5, 0.6) is 0 Å². The third kappa shape index (κ3) is 4.64. The first kappa shape index (κ1) is 23.0. The Balaban J connectivity index is 1.50. The lowest BCUT2D eigenvalue weighted by molar-refractivity contribution is 0.0729. The molecule has 2 aromatic rings. The maximum Gasteiger partial charge on any atom is 0.254 e. The zero-order valence-corrected chi connectivity index (χ0v) is 20.0. The molecule has 2 fully saturated rings. The van der Waals surface area contributed by atoms with Gasteiger partial charge < -0.3 is 14.5 Å². The Morgan fingerprint density at radius 1 is 0.906 bits per heavy atom. The molecule has 0 bridgehead atoms. The molecule has 7 nitrogen and oxygen atoms in total. The Kier molecular flexibility index (Phi) is 6.76. The van der Waals surface area contributed by atoms with E-state index in [9.17, 15) is 13.2 Å². The van der Waals surface area contributed by atoms with Crippen molar-refractivity contribution >= 4 is 33.2 Å². The number of rotatable bonds is 4. The molecule has 2 aliphatic heterocycles. The van der Waals surface area contributed by atoms with Gasteiger partial charge in [0.05, 0.1) is 18.1 Å². The summed E-state index contributed by atoms with van der Waals surface area (Å²) in [4.78, 5) is 17.5. The highest BCUT2D eigenvalue weighted by molar-refractivity contribution is 7.89. The SMILES string of the molecule is Cc1ccc(S(=O)(=O)N2CCOCC2)cc1C(=O)N1CCN(c2cc(Cl)ccc2C)CC1. The van der Waals surface area contributed by atoms with E-state index in [1.54, 1.807) is 17.0 Å². The van der Waals surface area contributed by atoms with E-state index < -0.39 is 10.0 Å². The van der Waals surface area contributed by atoms with Crippen molar-refractivity contribution < 1.29 is 17.9 Å². The van der Waals surface area contributed by atoms with Gasteiger partial charge in [-0.2, -0.15) is 4.31 Å². The molecule has 0 N–H and O–H groups in total. The Labute approximate surface area is 194 Å². The lowest BCUT2D eigenvalue weighted by Crippen LogP contribution is -2.49.